The molecule has 146 valence electrons. The maximum absolute atomic E-state index is 12.4. The maximum atomic E-state index is 12.4. The van der Waals surface area contributed by atoms with E-state index in [2.05, 4.69) is 26.1 Å². The second-order valence-electron chi connectivity index (χ2n) is 9.69. The van der Waals surface area contributed by atoms with Crippen molar-refractivity contribution in [1.82, 2.24) is 5.32 Å². The lowest BCUT2D eigenvalue weighted by Crippen LogP contribution is -2.65. The van der Waals surface area contributed by atoms with Crippen molar-refractivity contribution in [2.75, 3.05) is 13.7 Å². The van der Waals surface area contributed by atoms with Crippen LogP contribution in [-0.2, 0) is 18.8 Å². The first-order valence-corrected chi connectivity index (χ1v) is 10.1. The van der Waals surface area contributed by atoms with Crippen molar-refractivity contribution in [1.29, 1.82) is 0 Å². The second-order valence-corrected chi connectivity index (χ2v) is 9.69. The molecule has 4 aliphatic carbocycles. The van der Waals surface area contributed by atoms with Crippen LogP contribution in [0.4, 0.5) is 0 Å². The summed E-state index contributed by atoms with van der Waals surface area (Å²) in [5, 5.41) is 3.10. The third-order valence-corrected chi connectivity index (χ3v) is 7.59. The van der Waals surface area contributed by atoms with E-state index in [0.717, 1.165) is 18.8 Å². The molecular formula is C19H33BN2O4. The molecule has 1 unspecified atom stereocenters. The third-order valence-electron chi connectivity index (χ3n) is 7.59. The van der Waals surface area contributed by atoms with Gasteiger partial charge in [0.05, 0.1) is 24.3 Å². The van der Waals surface area contributed by atoms with Crippen molar-refractivity contribution in [2.24, 2.45) is 28.9 Å². The Morgan fingerprint density at radius 2 is 2.08 bits per heavy atom. The molecule has 0 spiro atoms. The van der Waals surface area contributed by atoms with Crippen molar-refractivity contribution in [3.63, 3.8) is 0 Å². The number of hydrogen-bond acceptors (Lipinski definition) is 5. The fraction of sp³-hybridized carbons (Fsp3) is 0.947. The Morgan fingerprint density at radius 3 is 2.69 bits per heavy atom. The summed E-state index contributed by atoms with van der Waals surface area (Å²) >= 11 is 0. The van der Waals surface area contributed by atoms with Gasteiger partial charge in [-0.15, -0.1) is 0 Å². The molecule has 5 aliphatic rings. The summed E-state index contributed by atoms with van der Waals surface area (Å²) in [7, 11) is 1.18. The van der Waals surface area contributed by atoms with E-state index in [4.69, 9.17) is 19.8 Å². The molecule has 1 amide bonds. The molecule has 2 bridgehead atoms. The highest BCUT2D eigenvalue weighted by Gasteiger charge is 2.68. The minimum absolute atomic E-state index is 0.135. The first-order valence-electron chi connectivity index (χ1n) is 10.1. The minimum atomic E-state index is -0.660. The Bertz CT molecular complexity index is 570. The zero-order valence-electron chi connectivity index (χ0n) is 16.5. The average Bonchev–Trinajstić information content (AvgIpc) is 3.31. The number of ether oxygens (including phenoxy) is 1. The van der Waals surface area contributed by atoms with Crippen molar-refractivity contribution in [2.45, 2.75) is 76.6 Å². The summed E-state index contributed by atoms with van der Waals surface area (Å²) < 4.78 is 18.0. The van der Waals surface area contributed by atoms with Crippen LogP contribution in [0.5, 0.6) is 0 Å². The number of methoxy groups -OCH3 is 1. The van der Waals surface area contributed by atoms with E-state index in [-0.39, 0.29) is 37.3 Å². The topological polar surface area (TPSA) is 82.8 Å². The molecule has 0 aromatic carbocycles. The summed E-state index contributed by atoms with van der Waals surface area (Å²) in [5.74, 6) is 1.58. The van der Waals surface area contributed by atoms with Crippen LogP contribution >= 0.6 is 0 Å². The number of amides is 1. The van der Waals surface area contributed by atoms with Gasteiger partial charge in [-0.2, -0.15) is 0 Å². The molecule has 3 N–H and O–H groups in total. The lowest BCUT2D eigenvalue weighted by Gasteiger charge is -2.64. The van der Waals surface area contributed by atoms with E-state index >= 15 is 0 Å². The normalized spacial score (nSPS) is 39.7. The molecular weight excluding hydrogens is 331 g/mol. The van der Waals surface area contributed by atoms with E-state index < -0.39 is 6.04 Å². The van der Waals surface area contributed by atoms with Crippen LogP contribution in [0.25, 0.3) is 0 Å². The van der Waals surface area contributed by atoms with Crippen LogP contribution in [-0.4, -0.2) is 50.4 Å². The van der Waals surface area contributed by atoms with Gasteiger partial charge in [-0.1, -0.05) is 26.7 Å². The van der Waals surface area contributed by atoms with E-state index in [1.807, 2.05) is 0 Å². The highest BCUT2D eigenvalue weighted by atomic mass is 16.7. The molecule has 0 radical (unpaired) electrons. The monoisotopic (exact) mass is 364 g/mol. The van der Waals surface area contributed by atoms with E-state index in [1.54, 1.807) is 7.11 Å². The predicted octanol–water partition coefficient (Wildman–Crippen LogP) is 1.51. The Kier molecular flexibility index (Phi) is 4.66. The van der Waals surface area contributed by atoms with Gasteiger partial charge in [0.15, 0.2) is 0 Å². The number of carbonyl (C=O) groups is 1. The summed E-state index contributed by atoms with van der Waals surface area (Å²) in [6.45, 7) is 7.15. The molecule has 26 heavy (non-hydrogen) atoms. The van der Waals surface area contributed by atoms with Gasteiger partial charge in [0.1, 0.15) is 6.04 Å². The largest absolute Gasteiger partial charge is 0.481 e. The molecule has 1 heterocycles. The second kappa shape index (κ2) is 6.47. The highest BCUT2D eigenvalue weighted by molar-refractivity contribution is 6.47. The average molecular weight is 364 g/mol. The first kappa shape index (κ1) is 18.7. The van der Waals surface area contributed by atoms with Gasteiger partial charge in [-0.3, -0.25) is 4.79 Å². The number of hydrogen-bond donors (Lipinski definition) is 2. The van der Waals surface area contributed by atoms with Crippen molar-refractivity contribution < 1.29 is 18.8 Å². The van der Waals surface area contributed by atoms with Gasteiger partial charge < -0.3 is 25.1 Å². The lowest BCUT2D eigenvalue weighted by molar-refractivity contribution is -0.199. The van der Waals surface area contributed by atoms with Gasteiger partial charge >= 0.3 is 7.12 Å². The maximum Gasteiger partial charge on any atom is 0.481 e. The zero-order chi connectivity index (χ0) is 18.7. The quantitative estimate of drug-likeness (QED) is 0.670. The van der Waals surface area contributed by atoms with Crippen molar-refractivity contribution in [3.8, 4) is 0 Å². The van der Waals surface area contributed by atoms with Crippen molar-refractivity contribution >= 4 is 13.0 Å². The van der Waals surface area contributed by atoms with Gasteiger partial charge in [-0.05, 0) is 49.4 Å². The van der Waals surface area contributed by atoms with Crippen LogP contribution in [0.1, 0.15) is 52.9 Å². The molecule has 7 heteroatoms. The number of nitrogens with one attached hydrogen (secondary N) is 1. The van der Waals surface area contributed by atoms with Gasteiger partial charge in [-0.25, -0.2) is 0 Å². The molecule has 0 aromatic heterocycles. The van der Waals surface area contributed by atoms with Crippen molar-refractivity contribution in [3.05, 3.63) is 0 Å². The lowest BCUT2D eigenvalue weighted by atomic mass is 9.43. The minimum Gasteiger partial charge on any atom is -0.404 e. The fourth-order valence-electron chi connectivity index (χ4n) is 5.57. The Hall–Kier alpha value is -0.625. The summed E-state index contributed by atoms with van der Waals surface area (Å²) in [5.41, 5.74) is 5.98. The van der Waals surface area contributed by atoms with Crippen LogP contribution in [0.2, 0.25) is 0 Å². The third kappa shape index (κ3) is 3.01. The van der Waals surface area contributed by atoms with Gasteiger partial charge in [0.25, 0.3) is 0 Å². The Balaban J connectivity index is 1.46. The SMILES string of the molecule is COCC(N)C(=O)N[C@@H](CC1CC1)B1O[C@@H]2C[C@@H]3C[C@@H](C3(C)C)[C@]2(C)O1. The molecule has 5 fully saturated rings. The summed E-state index contributed by atoms with van der Waals surface area (Å²) in [4.78, 5) is 12.4. The Labute approximate surface area is 157 Å². The Morgan fingerprint density at radius 1 is 1.35 bits per heavy atom. The predicted molar refractivity (Wildman–Crippen MR) is 99.2 cm³/mol. The first-order chi connectivity index (χ1) is 12.3. The van der Waals surface area contributed by atoms with E-state index in [9.17, 15) is 4.79 Å². The number of carbonyl (C=O) groups excluding carboxylic acids is 1. The van der Waals surface area contributed by atoms with Gasteiger partial charge in [0, 0.05) is 7.11 Å². The molecule has 0 aromatic rings. The molecule has 4 saturated carbocycles. The van der Waals surface area contributed by atoms with Gasteiger partial charge in [0.2, 0.25) is 5.91 Å². The fourth-order valence-corrected chi connectivity index (χ4v) is 5.57. The molecule has 6 nitrogen and oxygen atoms in total. The van der Waals surface area contributed by atoms with Crippen LogP contribution in [0.15, 0.2) is 0 Å². The summed E-state index contributed by atoms with van der Waals surface area (Å²) in [6.07, 6.45) is 5.77. The summed E-state index contributed by atoms with van der Waals surface area (Å²) in [6, 6.07) is -0.660. The number of nitrogens with two attached hydrogens (primary N) is 1. The molecule has 1 aliphatic heterocycles. The van der Waals surface area contributed by atoms with Crippen LogP contribution in [0, 0.1) is 23.2 Å². The van der Waals surface area contributed by atoms with E-state index in [0.29, 0.717) is 17.3 Å². The standard InChI is InChI=1S/C19H33BN2O4/c1-18(2)12-8-14(18)19(3)15(9-12)25-20(26-19)16(7-11-5-6-11)22-17(23)13(21)10-24-4/h11-16H,5-10,21H2,1-4H3,(H,22,23)/t12-,13?,14-,15+,16-,19-/m0/s1. The molecule has 1 saturated heterocycles. The highest BCUT2D eigenvalue weighted by Crippen LogP contribution is 2.65. The smallest absolute Gasteiger partial charge is 0.404 e. The van der Waals surface area contributed by atoms with Crippen LogP contribution in [0.3, 0.4) is 0 Å². The molecule has 5 rings (SSSR count). The van der Waals surface area contributed by atoms with E-state index in [1.165, 1.54) is 19.3 Å². The van der Waals surface area contributed by atoms with Crippen LogP contribution < -0.4 is 11.1 Å². The molecule has 6 atom stereocenters. The number of rotatable bonds is 7. The zero-order valence-corrected chi connectivity index (χ0v) is 16.5.